The Bertz CT molecular complexity index is 1360. The Balaban J connectivity index is 2.24. The molecule has 1 aromatic heterocycles. The van der Waals surface area contributed by atoms with Crippen LogP contribution in [0.3, 0.4) is 0 Å². The summed E-state index contributed by atoms with van der Waals surface area (Å²) in [5.74, 6) is -0.196. The minimum atomic E-state index is -0.538. The molecule has 0 atom stereocenters. The maximum atomic E-state index is 13.5. The van der Waals surface area contributed by atoms with Gasteiger partial charge in [-0.15, -0.1) is 23.1 Å². The fourth-order valence-corrected chi connectivity index (χ4v) is 4.81. The van der Waals surface area contributed by atoms with Crippen molar-refractivity contribution < 1.29 is 9.53 Å². The number of carbonyl (C=O) groups is 1. The number of aromatic nitrogens is 1. The van der Waals surface area contributed by atoms with Crippen LogP contribution >= 0.6 is 23.1 Å². The number of hydrogen-bond donors (Lipinski definition) is 1. The molecule has 8 heteroatoms. The number of benzene rings is 2. The topological polar surface area (TPSA) is 84.1 Å². The number of nitriles is 1. The van der Waals surface area contributed by atoms with E-state index in [1.807, 2.05) is 60.9 Å². The Hall–Kier alpha value is -3.12. The first kappa shape index (κ1) is 25.5. The van der Waals surface area contributed by atoms with Gasteiger partial charge in [-0.05, 0) is 53.6 Å². The number of amides is 1. The Morgan fingerprint density at radius 3 is 2.44 bits per heavy atom. The lowest BCUT2D eigenvalue weighted by Crippen LogP contribution is -2.34. The lowest BCUT2D eigenvalue weighted by atomic mass is 10.0. The van der Waals surface area contributed by atoms with Crippen molar-refractivity contribution in [3.8, 4) is 11.8 Å². The number of ether oxygens (including phenoxy) is 1. The zero-order chi connectivity index (χ0) is 24.7. The van der Waals surface area contributed by atoms with Crippen LogP contribution in [0.4, 0.5) is 0 Å². The number of methoxy groups -OCH3 is 1. The van der Waals surface area contributed by atoms with E-state index in [1.54, 1.807) is 17.8 Å². The summed E-state index contributed by atoms with van der Waals surface area (Å²) in [5.41, 5.74) is 2.23. The summed E-state index contributed by atoms with van der Waals surface area (Å²) in [7, 11) is 1.53. The summed E-state index contributed by atoms with van der Waals surface area (Å²) >= 11 is 2.78. The third kappa shape index (κ3) is 5.86. The maximum Gasteiger partial charge on any atom is 0.273 e. The van der Waals surface area contributed by atoms with Gasteiger partial charge in [0.1, 0.15) is 10.7 Å². The van der Waals surface area contributed by atoms with Crippen molar-refractivity contribution in [1.29, 1.82) is 5.26 Å². The first-order chi connectivity index (χ1) is 16.4. The van der Waals surface area contributed by atoms with Crippen LogP contribution in [-0.4, -0.2) is 37.0 Å². The van der Waals surface area contributed by atoms with Crippen molar-refractivity contribution in [1.82, 2.24) is 9.88 Å². The minimum Gasteiger partial charge on any atom is -0.383 e. The standard InChI is InChI=1S/C26H27N3O3S2/c1-17(2)19-7-9-20(10-8-19)29-25(31)23(15-18-5-11-21(33-4)12-6-18)34-26(29)22(16-27)24(30)28-13-14-32-3/h5-12,15,17H,13-14H2,1-4H3,(H,28,30)/b23-15-,26-22-. The van der Waals surface area contributed by atoms with E-state index in [2.05, 4.69) is 19.2 Å². The summed E-state index contributed by atoms with van der Waals surface area (Å²) in [4.78, 5) is 27.4. The minimum absolute atomic E-state index is 0.108. The van der Waals surface area contributed by atoms with E-state index in [1.165, 1.54) is 11.7 Å². The van der Waals surface area contributed by atoms with E-state index in [0.717, 1.165) is 27.4 Å². The molecule has 0 saturated heterocycles. The summed E-state index contributed by atoms with van der Waals surface area (Å²) < 4.78 is 7.16. The molecule has 0 unspecified atom stereocenters. The molecular formula is C26H27N3O3S2. The monoisotopic (exact) mass is 493 g/mol. The highest BCUT2D eigenvalue weighted by Gasteiger charge is 2.17. The molecule has 1 heterocycles. The summed E-state index contributed by atoms with van der Waals surface area (Å²) in [6.45, 7) is 4.78. The highest BCUT2D eigenvalue weighted by atomic mass is 32.2. The average Bonchev–Trinajstić information content (AvgIpc) is 3.15. The van der Waals surface area contributed by atoms with Crippen LogP contribution in [-0.2, 0) is 9.53 Å². The van der Waals surface area contributed by atoms with Gasteiger partial charge in [0.25, 0.3) is 11.5 Å². The molecule has 0 spiro atoms. The quantitative estimate of drug-likeness (QED) is 0.385. The molecule has 1 amide bonds. The van der Waals surface area contributed by atoms with Gasteiger partial charge in [0.15, 0.2) is 5.57 Å². The summed E-state index contributed by atoms with van der Waals surface area (Å²) in [5, 5.41) is 12.5. The number of rotatable bonds is 8. The highest BCUT2D eigenvalue weighted by molar-refractivity contribution is 7.98. The Morgan fingerprint density at radius 2 is 1.88 bits per heavy atom. The molecular weight excluding hydrogens is 466 g/mol. The molecule has 0 fully saturated rings. The van der Waals surface area contributed by atoms with E-state index in [9.17, 15) is 14.9 Å². The van der Waals surface area contributed by atoms with E-state index in [4.69, 9.17) is 4.74 Å². The summed E-state index contributed by atoms with van der Waals surface area (Å²) in [6.07, 6.45) is 3.79. The molecule has 2 aromatic carbocycles. The first-order valence-electron chi connectivity index (χ1n) is 10.8. The number of carbonyl (C=O) groups excluding carboxylic acids is 1. The average molecular weight is 494 g/mol. The van der Waals surface area contributed by atoms with Gasteiger partial charge in [-0.3, -0.25) is 14.2 Å². The maximum absolute atomic E-state index is 13.5. The predicted octanol–water partition coefficient (Wildman–Crippen LogP) is 3.01. The van der Waals surface area contributed by atoms with Gasteiger partial charge in [-0.2, -0.15) is 5.26 Å². The smallest absolute Gasteiger partial charge is 0.273 e. The third-order valence-electron chi connectivity index (χ3n) is 5.20. The van der Waals surface area contributed by atoms with Crippen LogP contribution in [0.5, 0.6) is 0 Å². The van der Waals surface area contributed by atoms with Crippen molar-refractivity contribution in [2.24, 2.45) is 0 Å². The molecule has 0 aliphatic rings. The summed E-state index contributed by atoms with van der Waals surface area (Å²) in [6, 6.07) is 17.5. The van der Waals surface area contributed by atoms with Crippen LogP contribution in [0.2, 0.25) is 0 Å². The lowest BCUT2D eigenvalue weighted by molar-refractivity contribution is -0.115. The van der Waals surface area contributed by atoms with Gasteiger partial charge in [0.2, 0.25) is 0 Å². The van der Waals surface area contributed by atoms with E-state index in [-0.39, 0.29) is 17.7 Å². The Kier molecular flexibility index (Phi) is 8.88. The molecule has 176 valence electrons. The van der Waals surface area contributed by atoms with Crippen molar-refractivity contribution in [3.63, 3.8) is 0 Å². The molecule has 0 saturated carbocycles. The molecule has 3 rings (SSSR count). The zero-order valence-electron chi connectivity index (χ0n) is 19.6. The number of thioether (sulfide) groups is 1. The van der Waals surface area contributed by atoms with E-state index >= 15 is 0 Å². The van der Waals surface area contributed by atoms with Crippen molar-refractivity contribution >= 4 is 40.7 Å². The van der Waals surface area contributed by atoms with Gasteiger partial charge >= 0.3 is 0 Å². The molecule has 3 aromatic rings. The van der Waals surface area contributed by atoms with Crippen LogP contribution in [0.1, 0.15) is 30.9 Å². The van der Waals surface area contributed by atoms with Gasteiger partial charge in [0, 0.05) is 18.6 Å². The highest BCUT2D eigenvalue weighted by Crippen LogP contribution is 2.16. The van der Waals surface area contributed by atoms with Crippen molar-refractivity contribution in [3.05, 3.63) is 79.2 Å². The predicted molar refractivity (Wildman–Crippen MR) is 139 cm³/mol. The molecule has 34 heavy (non-hydrogen) atoms. The SMILES string of the molecule is COCCNC(=O)/C(C#N)=c1\s/c(=C\c2ccc(SC)cc2)c(=O)n1-c1ccc(C(C)C)cc1. The van der Waals surface area contributed by atoms with Crippen LogP contribution in [0, 0.1) is 11.3 Å². The molecule has 0 aliphatic heterocycles. The van der Waals surface area contributed by atoms with Crippen LogP contribution < -0.4 is 20.1 Å². The molecule has 0 radical (unpaired) electrons. The largest absolute Gasteiger partial charge is 0.383 e. The number of thiazole rings is 1. The fourth-order valence-electron chi connectivity index (χ4n) is 3.29. The number of nitrogens with zero attached hydrogens (tertiary/aromatic N) is 2. The van der Waals surface area contributed by atoms with E-state index < -0.39 is 5.91 Å². The lowest BCUT2D eigenvalue weighted by Gasteiger charge is -2.08. The van der Waals surface area contributed by atoms with E-state index in [0.29, 0.717) is 27.4 Å². The van der Waals surface area contributed by atoms with Gasteiger partial charge in [-0.25, -0.2) is 0 Å². The van der Waals surface area contributed by atoms with Crippen molar-refractivity contribution in [2.75, 3.05) is 26.5 Å². The molecule has 0 aliphatic carbocycles. The number of nitrogens with one attached hydrogen (secondary N) is 1. The second-order valence-electron chi connectivity index (χ2n) is 7.81. The van der Waals surface area contributed by atoms with Gasteiger partial charge in [-0.1, -0.05) is 38.1 Å². The van der Waals surface area contributed by atoms with Gasteiger partial charge < -0.3 is 10.1 Å². The Morgan fingerprint density at radius 1 is 1.21 bits per heavy atom. The van der Waals surface area contributed by atoms with Gasteiger partial charge in [0.05, 0.1) is 16.8 Å². The van der Waals surface area contributed by atoms with Crippen molar-refractivity contribution in [2.45, 2.75) is 24.7 Å². The zero-order valence-corrected chi connectivity index (χ0v) is 21.3. The second-order valence-corrected chi connectivity index (χ2v) is 9.72. The van der Waals surface area contributed by atoms with Crippen LogP contribution in [0.25, 0.3) is 17.3 Å². The molecule has 0 bridgehead atoms. The molecule has 1 N–H and O–H groups in total. The third-order valence-corrected chi connectivity index (χ3v) is 7.04. The Labute approximate surface area is 207 Å². The normalized spacial score (nSPS) is 12.5. The number of hydrogen-bond acceptors (Lipinski definition) is 6. The molecule has 6 nitrogen and oxygen atoms in total. The second kappa shape index (κ2) is 11.8. The van der Waals surface area contributed by atoms with Crippen LogP contribution in [0.15, 0.2) is 58.2 Å². The fraction of sp³-hybridized carbons (Fsp3) is 0.269. The first-order valence-corrected chi connectivity index (χ1v) is 12.8.